The fraction of sp³-hybridized carbons (Fsp3) is 0.771. The summed E-state index contributed by atoms with van der Waals surface area (Å²) in [5.74, 6) is -0.552. The summed E-state index contributed by atoms with van der Waals surface area (Å²) in [6, 6.07) is 0. The molecule has 0 aliphatic rings. The number of carbonyl (C=O) groups is 2. The van der Waals surface area contributed by atoms with Gasteiger partial charge < -0.3 is 20.1 Å². The molecule has 0 aliphatic carbocycles. The number of hydrogen-bond acceptors (Lipinski definition) is 7. The van der Waals surface area contributed by atoms with Crippen LogP contribution < -0.4 is 5.32 Å². The molecule has 262 valence electrons. The van der Waals surface area contributed by atoms with E-state index in [4.69, 9.17) is 13.8 Å². The van der Waals surface area contributed by atoms with E-state index in [1.165, 1.54) is 57.8 Å². The maximum Gasteiger partial charge on any atom is 0.472 e. The Kier molecular flexibility index (Phi) is 30.9. The first kappa shape index (κ1) is 43.2. The molecule has 0 bridgehead atoms. The average Bonchev–Trinajstić information content (AvgIpc) is 3.02. The molecule has 0 aromatic carbocycles. The molecule has 9 nitrogen and oxygen atoms in total. The number of phosphoric ester groups is 1. The zero-order chi connectivity index (χ0) is 33.3. The summed E-state index contributed by atoms with van der Waals surface area (Å²) < 4.78 is 26.4. The van der Waals surface area contributed by atoms with Crippen molar-refractivity contribution in [3.63, 3.8) is 0 Å². The molecule has 45 heavy (non-hydrogen) atoms. The quantitative estimate of drug-likeness (QED) is 0.0284. The van der Waals surface area contributed by atoms with Crippen LogP contribution in [0.5, 0.6) is 0 Å². The number of carbonyl (C=O) groups excluding carboxylic acids is 2. The third kappa shape index (κ3) is 33.4. The van der Waals surface area contributed by atoms with Gasteiger partial charge in [0.05, 0.1) is 13.2 Å². The highest BCUT2D eigenvalue weighted by Crippen LogP contribution is 2.42. The summed E-state index contributed by atoms with van der Waals surface area (Å²) in [6.45, 7) is 3.29. The molecule has 3 N–H and O–H groups in total. The minimum absolute atomic E-state index is 0.0768. The maximum atomic E-state index is 12.0. The monoisotopic (exact) mass is 657 g/mol. The van der Waals surface area contributed by atoms with Gasteiger partial charge in [0.15, 0.2) is 0 Å². The molecule has 2 unspecified atom stereocenters. The smallest absolute Gasteiger partial charge is 0.463 e. The van der Waals surface area contributed by atoms with Crippen LogP contribution in [0.1, 0.15) is 142 Å². The predicted octanol–water partition coefficient (Wildman–Crippen LogP) is 8.65. The van der Waals surface area contributed by atoms with Crippen LogP contribution in [0.2, 0.25) is 0 Å². The lowest BCUT2D eigenvalue weighted by atomic mass is 10.1. The van der Waals surface area contributed by atoms with Crippen LogP contribution in [0.25, 0.3) is 0 Å². The van der Waals surface area contributed by atoms with Crippen molar-refractivity contribution in [3.8, 4) is 0 Å². The van der Waals surface area contributed by atoms with E-state index >= 15 is 0 Å². The van der Waals surface area contributed by atoms with Crippen molar-refractivity contribution in [2.45, 2.75) is 148 Å². The van der Waals surface area contributed by atoms with Crippen LogP contribution in [0.15, 0.2) is 36.5 Å². The molecule has 0 fully saturated rings. The number of rotatable bonds is 32. The van der Waals surface area contributed by atoms with Gasteiger partial charge in [0.2, 0.25) is 5.91 Å². The Morgan fingerprint density at radius 3 is 1.82 bits per heavy atom. The predicted molar refractivity (Wildman–Crippen MR) is 183 cm³/mol. The first-order chi connectivity index (χ1) is 21.8. The van der Waals surface area contributed by atoms with Crippen LogP contribution in [-0.4, -0.2) is 54.3 Å². The van der Waals surface area contributed by atoms with E-state index in [9.17, 15) is 24.2 Å². The topological polar surface area (TPSA) is 131 Å². The van der Waals surface area contributed by atoms with Gasteiger partial charge in [-0.2, -0.15) is 0 Å². The number of amides is 1. The maximum absolute atomic E-state index is 12.0. The van der Waals surface area contributed by atoms with Gasteiger partial charge in [-0.05, 0) is 51.4 Å². The number of ether oxygens (including phenoxy) is 1. The molecule has 0 aromatic heterocycles. The second-order valence-corrected chi connectivity index (χ2v) is 12.9. The van der Waals surface area contributed by atoms with Crippen LogP contribution in [-0.2, 0) is 27.9 Å². The summed E-state index contributed by atoms with van der Waals surface area (Å²) in [7, 11) is -4.39. The Bertz CT molecular complexity index is 846. The van der Waals surface area contributed by atoms with E-state index in [2.05, 4.69) is 48.7 Å². The highest BCUT2D eigenvalue weighted by molar-refractivity contribution is 7.47. The van der Waals surface area contributed by atoms with Crippen LogP contribution in [0.4, 0.5) is 0 Å². The fourth-order valence-electron chi connectivity index (χ4n) is 4.38. The highest BCUT2D eigenvalue weighted by atomic mass is 31.2. The molecule has 0 rings (SSSR count). The number of allylic oxidation sites excluding steroid dienone is 6. The van der Waals surface area contributed by atoms with Crippen molar-refractivity contribution in [2.75, 3.05) is 26.4 Å². The normalized spacial score (nSPS) is 14.0. The Hall–Kier alpha value is -1.77. The van der Waals surface area contributed by atoms with E-state index < -0.39 is 26.5 Å². The molecule has 0 aliphatic heterocycles. The van der Waals surface area contributed by atoms with E-state index in [-0.39, 0.29) is 32.1 Å². The first-order valence-electron chi connectivity index (χ1n) is 17.5. The highest BCUT2D eigenvalue weighted by Gasteiger charge is 2.23. The number of phosphoric acid groups is 1. The molecule has 1 amide bonds. The van der Waals surface area contributed by atoms with Gasteiger partial charge in [0.1, 0.15) is 12.7 Å². The van der Waals surface area contributed by atoms with Crippen molar-refractivity contribution in [3.05, 3.63) is 36.5 Å². The van der Waals surface area contributed by atoms with E-state index in [0.717, 1.165) is 51.4 Å². The number of nitrogens with one attached hydrogen (secondary N) is 1. The Morgan fingerprint density at radius 2 is 1.20 bits per heavy atom. The van der Waals surface area contributed by atoms with Crippen molar-refractivity contribution in [2.24, 2.45) is 0 Å². The summed E-state index contributed by atoms with van der Waals surface area (Å²) >= 11 is 0. The number of aliphatic hydroxyl groups excluding tert-OH is 1. The molecule has 0 spiro atoms. The second-order valence-electron chi connectivity index (χ2n) is 11.5. The average molecular weight is 658 g/mol. The van der Waals surface area contributed by atoms with Gasteiger partial charge in [-0.3, -0.25) is 18.6 Å². The fourth-order valence-corrected chi connectivity index (χ4v) is 5.14. The number of aliphatic hydroxyl groups is 1. The van der Waals surface area contributed by atoms with Crippen molar-refractivity contribution in [1.82, 2.24) is 5.32 Å². The van der Waals surface area contributed by atoms with Gasteiger partial charge in [-0.1, -0.05) is 115 Å². The molecule has 2 atom stereocenters. The molecule has 0 radical (unpaired) electrons. The number of unbranched alkanes of at least 4 members (excludes halogenated alkanes) is 13. The zero-order valence-electron chi connectivity index (χ0n) is 28.3. The first-order valence-corrected chi connectivity index (χ1v) is 19.0. The SMILES string of the molecule is CCCCC/C=C\C/C=C\C/C=C\CCCCCCCCCCC(=O)NCCOP(=O)(O)OCC(O)COC(=O)CCCCC. The minimum Gasteiger partial charge on any atom is -0.463 e. The third-order valence-electron chi connectivity index (χ3n) is 7.07. The second kappa shape index (κ2) is 32.2. The minimum atomic E-state index is -4.39. The number of hydrogen-bond donors (Lipinski definition) is 3. The number of esters is 1. The van der Waals surface area contributed by atoms with Gasteiger partial charge >= 0.3 is 13.8 Å². The van der Waals surface area contributed by atoms with Gasteiger partial charge in [0.25, 0.3) is 0 Å². The lowest BCUT2D eigenvalue weighted by molar-refractivity contribution is -0.147. The molecule has 0 saturated carbocycles. The molecule has 0 saturated heterocycles. The van der Waals surface area contributed by atoms with Crippen molar-refractivity contribution < 1.29 is 37.9 Å². The Labute approximate surface area is 273 Å². The standard InChI is InChI=1S/C35H64NO8P/c1-3-5-7-8-9-10-11-12-13-14-15-16-17-18-19-20-21-22-23-24-26-27-34(38)36-29-30-43-45(40,41)44-32-33(37)31-42-35(39)28-25-6-4-2/h9-10,12-13,15-16,33,37H,3-8,11,14,17-32H2,1-2H3,(H,36,38)(H,40,41)/b10-9-,13-12-,16-15-. The van der Waals surface area contributed by atoms with E-state index in [0.29, 0.717) is 12.8 Å². The molecular formula is C35H64NO8P. The summed E-state index contributed by atoms with van der Waals surface area (Å²) in [4.78, 5) is 33.2. The van der Waals surface area contributed by atoms with Crippen molar-refractivity contribution >= 4 is 19.7 Å². The van der Waals surface area contributed by atoms with Gasteiger partial charge in [-0.15, -0.1) is 0 Å². The summed E-state index contributed by atoms with van der Waals surface area (Å²) in [5, 5.41) is 12.5. The molecule has 0 heterocycles. The summed E-state index contributed by atoms with van der Waals surface area (Å²) in [6.07, 6.45) is 33.1. The lowest BCUT2D eigenvalue weighted by Gasteiger charge is -2.15. The Morgan fingerprint density at radius 1 is 0.689 bits per heavy atom. The zero-order valence-corrected chi connectivity index (χ0v) is 29.2. The van der Waals surface area contributed by atoms with Crippen molar-refractivity contribution in [1.29, 1.82) is 0 Å². The summed E-state index contributed by atoms with van der Waals surface area (Å²) in [5.41, 5.74) is 0. The Balaban J connectivity index is 3.57. The molecule has 10 heteroatoms. The third-order valence-corrected chi connectivity index (χ3v) is 8.06. The molecular weight excluding hydrogens is 593 g/mol. The van der Waals surface area contributed by atoms with Crippen LogP contribution in [0.3, 0.4) is 0 Å². The van der Waals surface area contributed by atoms with Crippen LogP contribution >= 0.6 is 7.82 Å². The van der Waals surface area contributed by atoms with E-state index in [1.54, 1.807) is 0 Å². The molecule has 0 aromatic rings. The lowest BCUT2D eigenvalue weighted by Crippen LogP contribution is -2.27. The van der Waals surface area contributed by atoms with E-state index in [1.807, 2.05) is 6.92 Å². The van der Waals surface area contributed by atoms with Crippen LogP contribution in [0, 0.1) is 0 Å². The van der Waals surface area contributed by atoms with Gasteiger partial charge in [0, 0.05) is 19.4 Å². The van der Waals surface area contributed by atoms with Gasteiger partial charge in [-0.25, -0.2) is 4.57 Å². The largest absolute Gasteiger partial charge is 0.472 e.